The van der Waals surface area contributed by atoms with Gasteiger partial charge in [0.05, 0.1) is 17.4 Å². The van der Waals surface area contributed by atoms with Gasteiger partial charge in [-0.2, -0.15) is 0 Å². The zero-order valence-electron chi connectivity index (χ0n) is 13.6. The number of aryl methyl sites for hydroxylation is 2. The third-order valence-corrected chi connectivity index (χ3v) is 4.06. The number of benzene rings is 1. The van der Waals surface area contributed by atoms with E-state index in [0.717, 1.165) is 39.1 Å². The number of nitrogens with zero attached hydrogens (tertiary/aromatic N) is 4. The van der Waals surface area contributed by atoms with Gasteiger partial charge < -0.3 is 0 Å². The highest BCUT2D eigenvalue weighted by Gasteiger charge is 2.11. The summed E-state index contributed by atoms with van der Waals surface area (Å²) < 4.78 is 0. The molecule has 0 aliphatic heterocycles. The van der Waals surface area contributed by atoms with Crippen LogP contribution in [0.15, 0.2) is 60.9 Å². The molecule has 0 aliphatic carbocycles. The van der Waals surface area contributed by atoms with Gasteiger partial charge in [0.25, 0.3) is 0 Å². The first-order chi connectivity index (χ1) is 11.7. The highest BCUT2D eigenvalue weighted by atomic mass is 14.9. The summed E-state index contributed by atoms with van der Waals surface area (Å²) in [5, 5.41) is 1.02. The molecule has 3 aromatic heterocycles. The second-order valence-corrected chi connectivity index (χ2v) is 5.75. The van der Waals surface area contributed by atoms with Gasteiger partial charge in [-0.15, -0.1) is 0 Å². The van der Waals surface area contributed by atoms with Gasteiger partial charge in [-0.05, 0) is 31.5 Å². The molecule has 0 saturated carbocycles. The Morgan fingerprint density at radius 1 is 0.792 bits per heavy atom. The summed E-state index contributed by atoms with van der Waals surface area (Å²) in [7, 11) is 0. The van der Waals surface area contributed by atoms with Crippen LogP contribution in [0, 0.1) is 13.8 Å². The molecule has 3 heterocycles. The van der Waals surface area contributed by atoms with Crippen LogP contribution in [0.1, 0.15) is 11.3 Å². The standard InChI is InChI=1S/C20H16N4/c1-13-8-9-17(23-19(13)15-6-4-3-5-7-15)20-22-14(2)16-10-11-21-12-18(16)24-20/h3-12H,1-2H3. The molecule has 0 amide bonds. The second-order valence-electron chi connectivity index (χ2n) is 5.75. The Kier molecular flexibility index (Phi) is 3.50. The molecule has 0 saturated heterocycles. The topological polar surface area (TPSA) is 51.6 Å². The molecule has 1 aromatic carbocycles. The van der Waals surface area contributed by atoms with E-state index in [1.807, 2.05) is 37.3 Å². The first-order valence-corrected chi connectivity index (χ1v) is 7.84. The number of fused-ring (bicyclic) bond motifs is 1. The molecule has 0 bridgehead atoms. The zero-order chi connectivity index (χ0) is 16.5. The fourth-order valence-electron chi connectivity index (χ4n) is 2.80. The summed E-state index contributed by atoms with van der Waals surface area (Å²) in [6.45, 7) is 4.05. The van der Waals surface area contributed by atoms with Crippen molar-refractivity contribution in [2.45, 2.75) is 13.8 Å². The Balaban J connectivity index is 1.89. The van der Waals surface area contributed by atoms with E-state index < -0.39 is 0 Å². The van der Waals surface area contributed by atoms with Crippen LogP contribution in [-0.4, -0.2) is 19.9 Å². The molecule has 4 heteroatoms. The molecule has 4 aromatic rings. The Morgan fingerprint density at radius 3 is 2.46 bits per heavy atom. The smallest absolute Gasteiger partial charge is 0.179 e. The maximum Gasteiger partial charge on any atom is 0.179 e. The Bertz CT molecular complexity index is 1030. The van der Waals surface area contributed by atoms with Gasteiger partial charge in [0.2, 0.25) is 0 Å². The SMILES string of the molecule is Cc1ccc(-c2nc(C)c3ccncc3n2)nc1-c1ccccc1. The lowest BCUT2D eigenvalue weighted by atomic mass is 10.1. The summed E-state index contributed by atoms with van der Waals surface area (Å²) in [4.78, 5) is 18.2. The van der Waals surface area contributed by atoms with E-state index in [1.54, 1.807) is 12.4 Å². The summed E-state index contributed by atoms with van der Waals surface area (Å²) in [5.74, 6) is 0.630. The summed E-state index contributed by atoms with van der Waals surface area (Å²) >= 11 is 0. The van der Waals surface area contributed by atoms with Crippen molar-refractivity contribution in [1.29, 1.82) is 0 Å². The number of rotatable bonds is 2. The van der Waals surface area contributed by atoms with Gasteiger partial charge in [-0.3, -0.25) is 4.98 Å². The van der Waals surface area contributed by atoms with Gasteiger partial charge in [-0.25, -0.2) is 15.0 Å². The minimum Gasteiger partial charge on any atom is -0.262 e. The molecule has 0 radical (unpaired) electrons. The van der Waals surface area contributed by atoms with Gasteiger partial charge in [0, 0.05) is 22.8 Å². The van der Waals surface area contributed by atoms with Crippen molar-refractivity contribution >= 4 is 10.9 Å². The minimum absolute atomic E-state index is 0.630. The van der Waals surface area contributed by atoms with Crippen LogP contribution in [-0.2, 0) is 0 Å². The van der Waals surface area contributed by atoms with Crippen LogP contribution in [0.5, 0.6) is 0 Å². The van der Waals surface area contributed by atoms with E-state index in [0.29, 0.717) is 5.82 Å². The van der Waals surface area contributed by atoms with Crippen LogP contribution in [0.25, 0.3) is 33.7 Å². The Morgan fingerprint density at radius 2 is 1.62 bits per heavy atom. The van der Waals surface area contributed by atoms with E-state index in [9.17, 15) is 0 Å². The van der Waals surface area contributed by atoms with Crippen LogP contribution < -0.4 is 0 Å². The first kappa shape index (κ1) is 14.5. The van der Waals surface area contributed by atoms with E-state index in [1.165, 1.54) is 0 Å². The van der Waals surface area contributed by atoms with Crippen LogP contribution >= 0.6 is 0 Å². The molecule has 0 unspecified atom stereocenters. The van der Waals surface area contributed by atoms with Crippen LogP contribution in [0.3, 0.4) is 0 Å². The van der Waals surface area contributed by atoms with Gasteiger partial charge in [0.15, 0.2) is 5.82 Å². The normalized spacial score (nSPS) is 10.9. The third-order valence-electron chi connectivity index (χ3n) is 4.06. The van der Waals surface area contributed by atoms with E-state index in [4.69, 9.17) is 4.98 Å². The molecule has 0 spiro atoms. The van der Waals surface area contributed by atoms with Crippen molar-refractivity contribution in [3.05, 3.63) is 72.2 Å². The summed E-state index contributed by atoms with van der Waals surface area (Å²) in [5.41, 5.74) is 5.72. The fraction of sp³-hybridized carbons (Fsp3) is 0.100. The number of pyridine rings is 2. The summed E-state index contributed by atoms with van der Waals surface area (Å²) in [6, 6.07) is 16.1. The van der Waals surface area contributed by atoms with Crippen LogP contribution in [0.4, 0.5) is 0 Å². The lowest BCUT2D eigenvalue weighted by molar-refractivity contribution is 1.12. The second kappa shape index (κ2) is 5.81. The predicted molar refractivity (Wildman–Crippen MR) is 95.5 cm³/mol. The van der Waals surface area contributed by atoms with Crippen molar-refractivity contribution in [2.24, 2.45) is 0 Å². The Labute approximate surface area is 140 Å². The van der Waals surface area contributed by atoms with Gasteiger partial charge in [0.1, 0.15) is 5.69 Å². The molecular formula is C20H16N4. The predicted octanol–water partition coefficient (Wildman–Crippen LogP) is 4.37. The fourth-order valence-corrected chi connectivity index (χ4v) is 2.80. The minimum atomic E-state index is 0.630. The average molecular weight is 312 g/mol. The van der Waals surface area contributed by atoms with E-state index in [2.05, 4.69) is 40.1 Å². The van der Waals surface area contributed by atoms with Gasteiger partial charge in [-0.1, -0.05) is 36.4 Å². The van der Waals surface area contributed by atoms with Crippen molar-refractivity contribution in [2.75, 3.05) is 0 Å². The maximum absolute atomic E-state index is 4.82. The monoisotopic (exact) mass is 312 g/mol. The molecule has 116 valence electrons. The third kappa shape index (κ3) is 2.52. The molecular weight excluding hydrogens is 296 g/mol. The lowest BCUT2D eigenvalue weighted by Crippen LogP contribution is -1.98. The van der Waals surface area contributed by atoms with Gasteiger partial charge >= 0.3 is 0 Å². The number of hydrogen-bond acceptors (Lipinski definition) is 4. The molecule has 0 aliphatic rings. The number of hydrogen-bond donors (Lipinski definition) is 0. The largest absolute Gasteiger partial charge is 0.262 e. The summed E-state index contributed by atoms with van der Waals surface area (Å²) in [6.07, 6.45) is 3.52. The average Bonchev–Trinajstić information content (AvgIpc) is 2.63. The zero-order valence-corrected chi connectivity index (χ0v) is 13.6. The van der Waals surface area contributed by atoms with E-state index >= 15 is 0 Å². The van der Waals surface area contributed by atoms with Crippen LogP contribution in [0.2, 0.25) is 0 Å². The van der Waals surface area contributed by atoms with Crippen molar-refractivity contribution in [3.63, 3.8) is 0 Å². The maximum atomic E-state index is 4.82. The quantitative estimate of drug-likeness (QED) is 0.551. The molecule has 24 heavy (non-hydrogen) atoms. The van der Waals surface area contributed by atoms with E-state index in [-0.39, 0.29) is 0 Å². The molecule has 4 nitrogen and oxygen atoms in total. The highest BCUT2D eigenvalue weighted by molar-refractivity contribution is 5.81. The van der Waals surface area contributed by atoms with Crippen molar-refractivity contribution < 1.29 is 0 Å². The number of aromatic nitrogens is 4. The highest BCUT2D eigenvalue weighted by Crippen LogP contribution is 2.25. The molecule has 0 atom stereocenters. The van der Waals surface area contributed by atoms with Crippen molar-refractivity contribution in [3.8, 4) is 22.8 Å². The molecule has 0 fully saturated rings. The lowest BCUT2D eigenvalue weighted by Gasteiger charge is -2.09. The molecule has 4 rings (SSSR count). The first-order valence-electron chi connectivity index (χ1n) is 7.84. The molecule has 0 N–H and O–H groups in total. The van der Waals surface area contributed by atoms with Crippen molar-refractivity contribution in [1.82, 2.24) is 19.9 Å². The Hall–Kier alpha value is -3.14.